The largest absolute Gasteiger partial charge is 0.495 e. The molecule has 0 unspecified atom stereocenters. The maximum Gasteiger partial charge on any atom is 0.264 e. The fourth-order valence-electron chi connectivity index (χ4n) is 5.98. The minimum Gasteiger partial charge on any atom is -0.495 e. The molecule has 0 bridgehead atoms. The molecule has 8 nitrogen and oxygen atoms in total. The van der Waals surface area contributed by atoms with E-state index in [1.54, 1.807) is 60.7 Å². The third-order valence-electron chi connectivity index (χ3n) is 8.49. The van der Waals surface area contributed by atoms with Crippen LogP contribution in [0.1, 0.15) is 43.2 Å². The number of carbonyl (C=O) groups excluding carboxylic acids is 2. The molecule has 0 radical (unpaired) electrons. The van der Waals surface area contributed by atoms with Crippen LogP contribution < -0.4 is 14.4 Å². The van der Waals surface area contributed by atoms with Gasteiger partial charge in [-0.2, -0.15) is 0 Å². The first kappa shape index (κ1) is 34.0. The average Bonchev–Trinajstić information content (AvgIpc) is 3.10. The molecule has 4 aromatic carbocycles. The maximum atomic E-state index is 14.7. The molecule has 1 aliphatic rings. The van der Waals surface area contributed by atoms with Crippen LogP contribution >= 0.6 is 11.6 Å². The van der Waals surface area contributed by atoms with E-state index < -0.39 is 28.5 Å². The topological polar surface area (TPSA) is 96.0 Å². The summed E-state index contributed by atoms with van der Waals surface area (Å²) in [6, 6.07) is 30.3. The van der Waals surface area contributed by atoms with Gasteiger partial charge < -0.3 is 15.0 Å². The van der Waals surface area contributed by atoms with Crippen molar-refractivity contribution < 1.29 is 22.7 Å². The summed E-state index contributed by atoms with van der Waals surface area (Å²) in [6.07, 6.45) is 5.17. The summed E-state index contributed by atoms with van der Waals surface area (Å²) >= 11 is 6.61. The second-order valence-corrected chi connectivity index (χ2v) is 13.9. The van der Waals surface area contributed by atoms with Crippen LogP contribution in [-0.2, 0) is 32.6 Å². The molecule has 0 aliphatic heterocycles. The van der Waals surface area contributed by atoms with Gasteiger partial charge in [-0.05, 0) is 54.3 Å². The lowest BCUT2D eigenvalue weighted by Crippen LogP contribution is -2.55. The Hall–Kier alpha value is -4.34. The monoisotopic (exact) mass is 673 g/mol. The number of nitrogens with zero attached hydrogens (tertiary/aromatic N) is 2. The normalized spacial score (nSPS) is 14.2. The van der Waals surface area contributed by atoms with Crippen LogP contribution in [0.2, 0.25) is 5.02 Å². The van der Waals surface area contributed by atoms with Crippen LogP contribution in [0.4, 0.5) is 5.69 Å². The summed E-state index contributed by atoms with van der Waals surface area (Å²) < 4.78 is 35.1. The van der Waals surface area contributed by atoms with Crippen molar-refractivity contribution in [2.24, 2.45) is 0 Å². The molecule has 0 saturated heterocycles. The zero-order valence-corrected chi connectivity index (χ0v) is 28.0. The molecule has 0 spiro atoms. The Morgan fingerprint density at radius 3 is 2.15 bits per heavy atom. The smallest absolute Gasteiger partial charge is 0.264 e. The van der Waals surface area contributed by atoms with Crippen LogP contribution in [0.25, 0.3) is 0 Å². The number of nitrogens with one attached hydrogen (secondary N) is 1. The van der Waals surface area contributed by atoms with Gasteiger partial charge in [0, 0.05) is 24.0 Å². The Morgan fingerprint density at radius 2 is 1.47 bits per heavy atom. The number of carbonyl (C=O) groups is 2. The lowest BCUT2D eigenvalue weighted by molar-refractivity contribution is -0.140. The number of sulfonamides is 1. The van der Waals surface area contributed by atoms with Crippen molar-refractivity contribution in [2.45, 2.75) is 62.0 Å². The molecule has 0 aromatic heterocycles. The highest BCUT2D eigenvalue weighted by molar-refractivity contribution is 7.92. The van der Waals surface area contributed by atoms with Crippen molar-refractivity contribution in [1.29, 1.82) is 0 Å². The van der Waals surface area contributed by atoms with Gasteiger partial charge in [-0.3, -0.25) is 13.9 Å². The van der Waals surface area contributed by atoms with E-state index >= 15 is 0 Å². The lowest BCUT2D eigenvalue weighted by Gasteiger charge is -2.35. The number of ether oxygens (including phenoxy) is 1. The van der Waals surface area contributed by atoms with Gasteiger partial charge >= 0.3 is 0 Å². The fraction of sp³-hybridized carbons (Fsp3) is 0.297. The van der Waals surface area contributed by atoms with Crippen LogP contribution in [0.3, 0.4) is 0 Å². The number of anilines is 1. The van der Waals surface area contributed by atoms with Gasteiger partial charge in [-0.15, -0.1) is 0 Å². The van der Waals surface area contributed by atoms with E-state index in [1.165, 1.54) is 24.1 Å². The predicted molar refractivity (Wildman–Crippen MR) is 185 cm³/mol. The second-order valence-electron chi connectivity index (χ2n) is 11.7. The molecule has 1 N–H and O–H groups in total. The van der Waals surface area contributed by atoms with Crippen LogP contribution in [0, 0.1) is 0 Å². The number of rotatable bonds is 13. The van der Waals surface area contributed by atoms with Crippen molar-refractivity contribution in [3.05, 3.63) is 125 Å². The summed E-state index contributed by atoms with van der Waals surface area (Å²) in [5.74, 6) is -0.556. The third-order valence-corrected chi connectivity index (χ3v) is 10.6. The Labute approximate surface area is 282 Å². The van der Waals surface area contributed by atoms with Gasteiger partial charge in [0.2, 0.25) is 11.8 Å². The highest BCUT2D eigenvalue weighted by atomic mass is 35.5. The molecule has 47 heavy (non-hydrogen) atoms. The number of amides is 2. The summed E-state index contributed by atoms with van der Waals surface area (Å²) in [5.41, 5.74) is 1.71. The summed E-state index contributed by atoms with van der Waals surface area (Å²) in [6.45, 7) is -0.580. The molecule has 1 atom stereocenters. The first-order chi connectivity index (χ1) is 22.8. The zero-order chi connectivity index (χ0) is 33.2. The van der Waals surface area contributed by atoms with Crippen LogP contribution in [0.15, 0.2) is 114 Å². The summed E-state index contributed by atoms with van der Waals surface area (Å²) in [7, 11) is -2.80. The number of halogens is 1. The van der Waals surface area contributed by atoms with Crippen LogP contribution in [0.5, 0.6) is 5.75 Å². The van der Waals surface area contributed by atoms with E-state index in [9.17, 15) is 18.0 Å². The van der Waals surface area contributed by atoms with E-state index in [4.69, 9.17) is 16.3 Å². The average molecular weight is 674 g/mol. The van der Waals surface area contributed by atoms with Crippen LogP contribution in [-0.4, -0.2) is 50.9 Å². The molecule has 246 valence electrons. The Morgan fingerprint density at radius 1 is 0.851 bits per heavy atom. The summed E-state index contributed by atoms with van der Waals surface area (Å²) in [4.78, 5) is 30.4. The SMILES string of the molecule is COc1ccccc1N(CC(=O)N(Cc1ccccc1Cl)[C@H](Cc1ccccc1)C(=O)NC1CCCCC1)S(=O)(=O)c1ccccc1. The quantitative estimate of drug-likeness (QED) is 0.172. The molecular formula is C37H40ClN3O5S. The number of benzene rings is 4. The van der Waals surface area contributed by atoms with Gasteiger partial charge in [-0.25, -0.2) is 8.42 Å². The minimum absolute atomic E-state index is 0.000751. The standard InChI is InChI=1S/C37H40ClN3O5S/c1-46-35-24-14-13-23-33(35)41(47(44,45)31-20-9-4-10-21-31)27-36(42)40(26-29-17-11-12-22-32(29)38)34(25-28-15-5-2-6-16-28)37(43)39-30-18-7-3-8-19-30/h2,4-6,9-17,20-24,30,34H,3,7-8,18-19,25-27H2,1H3,(H,39,43)/t34-/m1/s1. The fourth-order valence-corrected chi connectivity index (χ4v) is 7.62. The zero-order valence-electron chi connectivity index (χ0n) is 26.4. The Balaban J connectivity index is 1.58. The van der Waals surface area contributed by atoms with E-state index in [0.717, 1.165) is 42.0 Å². The highest BCUT2D eigenvalue weighted by Crippen LogP contribution is 2.33. The highest BCUT2D eigenvalue weighted by Gasteiger charge is 2.36. The molecule has 10 heteroatoms. The number of para-hydroxylation sites is 2. The first-order valence-electron chi connectivity index (χ1n) is 15.9. The van der Waals surface area contributed by atoms with E-state index in [-0.39, 0.29) is 41.2 Å². The van der Waals surface area contributed by atoms with Crippen molar-refractivity contribution >= 4 is 39.1 Å². The van der Waals surface area contributed by atoms with Gasteiger partial charge in [0.25, 0.3) is 10.0 Å². The number of methoxy groups -OCH3 is 1. The molecular weight excluding hydrogens is 634 g/mol. The Bertz CT molecular complexity index is 1750. The minimum atomic E-state index is -4.24. The van der Waals surface area contributed by atoms with Gasteiger partial charge in [0.15, 0.2) is 0 Å². The molecule has 5 rings (SSSR count). The van der Waals surface area contributed by atoms with Crippen molar-refractivity contribution in [2.75, 3.05) is 18.0 Å². The molecule has 1 saturated carbocycles. The van der Waals surface area contributed by atoms with E-state index in [2.05, 4.69) is 5.32 Å². The van der Waals surface area contributed by atoms with Crippen molar-refractivity contribution in [1.82, 2.24) is 10.2 Å². The molecule has 0 heterocycles. The predicted octanol–water partition coefficient (Wildman–Crippen LogP) is 6.63. The maximum absolute atomic E-state index is 14.7. The van der Waals surface area contributed by atoms with Gasteiger partial charge in [-0.1, -0.05) is 110 Å². The van der Waals surface area contributed by atoms with Gasteiger partial charge in [0.05, 0.1) is 17.7 Å². The van der Waals surface area contributed by atoms with E-state index in [1.807, 2.05) is 36.4 Å². The summed E-state index contributed by atoms with van der Waals surface area (Å²) in [5, 5.41) is 3.66. The van der Waals surface area contributed by atoms with Crippen molar-refractivity contribution in [3.63, 3.8) is 0 Å². The molecule has 1 aliphatic carbocycles. The molecule has 4 aromatic rings. The number of hydrogen-bond acceptors (Lipinski definition) is 5. The Kier molecular flexibility index (Phi) is 11.6. The number of hydrogen-bond donors (Lipinski definition) is 1. The first-order valence-corrected chi connectivity index (χ1v) is 17.7. The molecule has 1 fully saturated rings. The van der Waals surface area contributed by atoms with Gasteiger partial charge in [0.1, 0.15) is 18.3 Å². The third kappa shape index (κ3) is 8.53. The second kappa shape index (κ2) is 16.0. The van der Waals surface area contributed by atoms with Crippen molar-refractivity contribution in [3.8, 4) is 5.75 Å². The lowest BCUT2D eigenvalue weighted by atomic mass is 9.94. The van der Waals surface area contributed by atoms with E-state index in [0.29, 0.717) is 10.6 Å². The molecule has 2 amide bonds.